The van der Waals surface area contributed by atoms with Gasteiger partial charge in [0, 0.05) is 17.7 Å². The lowest BCUT2D eigenvalue weighted by Gasteiger charge is -2.50. The number of benzene rings is 2. The number of nitrogens with zero attached hydrogens (tertiary/aromatic N) is 1. The molecule has 0 spiro atoms. The summed E-state index contributed by atoms with van der Waals surface area (Å²) >= 11 is 0. The van der Waals surface area contributed by atoms with Gasteiger partial charge in [0.15, 0.2) is 0 Å². The average Bonchev–Trinajstić information content (AvgIpc) is 2.72. The zero-order chi connectivity index (χ0) is 21.0. The fourth-order valence-corrected chi connectivity index (χ4v) is 6.43. The van der Waals surface area contributed by atoms with Gasteiger partial charge >= 0.3 is 7.75 Å². The van der Waals surface area contributed by atoms with Crippen LogP contribution in [-0.2, 0) is 4.57 Å². The molecule has 0 heterocycles. The minimum atomic E-state index is -3.78. The van der Waals surface area contributed by atoms with E-state index in [0.717, 1.165) is 32.1 Å². The van der Waals surface area contributed by atoms with E-state index in [2.05, 4.69) is 5.09 Å². The van der Waals surface area contributed by atoms with Gasteiger partial charge in [0.1, 0.15) is 11.5 Å². The first-order chi connectivity index (χ1) is 14.5. The summed E-state index contributed by atoms with van der Waals surface area (Å²) in [6, 6.07) is 14.5. The molecule has 0 aliphatic heterocycles. The van der Waals surface area contributed by atoms with Crippen molar-refractivity contribution in [1.29, 1.82) is 0 Å². The van der Waals surface area contributed by atoms with Gasteiger partial charge in [0.2, 0.25) is 0 Å². The van der Waals surface area contributed by atoms with Gasteiger partial charge in [-0.3, -0.25) is 10.1 Å². The second kappa shape index (κ2) is 8.78. The first kappa shape index (κ1) is 20.9. The van der Waals surface area contributed by atoms with Gasteiger partial charge in [-0.2, -0.15) is 5.09 Å². The zero-order valence-corrected chi connectivity index (χ0v) is 17.8. The Bertz CT molecular complexity index is 909. The van der Waals surface area contributed by atoms with Crippen LogP contribution in [-0.4, -0.2) is 10.5 Å². The maximum atomic E-state index is 13.9. The molecule has 0 radical (unpaired) electrons. The first-order valence-corrected chi connectivity index (χ1v) is 12.1. The Morgan fingerprint density at radius 3 is 2.03 bits per heavy atom. The maximum absolute atomic E-state index is 13.9. The van der Waals surface area contributed by atoms with Gasteiger partial charge in [0.05, 0.1) is 4.92 Å². The molecule has 0 aromatic heterocycles. The predicted molar refractivity (Wildman–Crippen MR) is 115 cm³/mol. The predicted octanol–water partition coefficient (Wildman–Crippen LogP) is 6.25. The van der Waals surface area contributed by atoms with E-state index < -0.39 is 12.7 Å². The van der Waals surface area contributed by atoms with E-state index >= 15 is 0 Å². The largest absolute Gasteiger partial charge is 0.513 e. The highest BCUT2D eigenvalue weighted by molar-refractivity contribution is 7.52. The Kier molecular flexibility index (Phi) is 6.11. The third-order valence-electron chi connectivity index (χ3n) is 6.23. The monoisotopic (exact) mass is 430 g/mol. The molecule has 2 aliphatic carbocycles. The van der Waals surface area contributed by atoms with Crippen molar-refractivity contribution in [3.05, 3.63) is 64.7 Å². The van der Waals surface area contributed by atoms with E-state index in [0.29, 0.717) is 11.7 Å². The molecular weight excluding hydrogens is 403 g/mol. The summed E-state index contributed by atoms with van der Waals surface area (Å²) in [6.07, 6.45) is 8.87. The van der Waals surface area contributed by atoms with Crippen LogP contribution in [0.5, 0.6) is 11.5 Å². The standard InChI is InChI=1S/C22H27N2O5P/c25-24(26)19-12-14-21(15-13-19)29-30(27,28-20-10-5-2-6-11-20)23-22(16-7-17-22)18-8-3-1-4-9-18/h2,5-6,10-15,18H,1,3-4,7-9,16-17H2,(H,23,27). The van der Waals surface area contributed by atoms with E-state index in [4.69, 9.17) is 9.05 Å². The van der Waals surface area contributed by atoms with Crippen molar-refractivity contribution < 1.29 is 18.5 Å². The summed E-state index contributed by atoms with van der Waals surface area (Å²) in [6.45, 7) is 0. The Morgan fingerprint density at radius 1 is 0.900 bits per heavy atom. The molecule has 30 heavy (non-hydrogen) atoms. The summed E-state index contributed by atoms with van der Waals surface area (Å²) in [4.78, 5) is 10.4. The van der Waals surface area contributed by atoms with E-state index in [1.807, 2.05) is 18.2 Å². The summed E-state index contributed by atoms with van der Waals surface area (Å²) in [5, 5.41) is 14.2. The maximum Gasteiger partial charge on any atom is 0.513 e. The lowest BCUT2D eigenvalue weighted by Crippen LogP contribution is -2.56. The molecule has 2 aromatic rings. The fourth-order valence-electron chi connectivity index (χ4n) is 4.55. The van der Waals surface area contributed by atoms with Crippen molar-refractivity contribution in [3.8, 4) is 11.5 Å². The SMILES string of the molecule is O=[N+]([O-])c1ccc(OP(=O)(NC2(C3CCCCC3)CCC2)Oc2ccccc2)cc1. The molecule has 0 saturated heterocycles. The number of non-ortho nitro benzene ring substituents is 1. The van der Waals surface area contributed by atoms with E-state index in [9.17, 15) is 14.7 Å². The summed E-state index contributed by atoms with van der Waals surface area (Å²) in [7, 11) is -3.78. The minimum Gasteiger partial charge on any atom is -0.405 e. The molecule has 2 fully saturated rings. The molecule has 1 unspecified atom stereocenters. The van der Waals surface area contributed by atoms with Gasteiger partial charge in [-0.1, -0.05) is 37.5 Å². The van der Waals surface area contributed by atoms with Crippen molar-refractivity contribution >= 4 is 13.4 Å². The number of nitrogens with one attached hydrogen (secondary N) is 1. The van der Waals surface area contributed by atoms with Crippen LogP contribution in [0, 0.1) is 16.0 Å². The van der Waals surface area contributed by atoms with E-state index in [-0.39, 0.29) is 17.0 Å². The van der Waals surface area contributed by atoms with Crippen LogP contribution in [0.2, 0.25) is 0 Å². The molecule has 2 saturated carbocycles. The Labute approximate surface area is 176 Å². The van der Waals surface area contributed by atoms with Gasteiger partial charge < -0.3 is 9.05 Å². The summed E-state index contributed by atoms with van der Waals surface area (Å²) < 4.78 is 25.7. The first-order valence-electron chi connectivity index (χ1n) is 10.6. The molecule has 1 atom stereocenters. The van der Waals surface area contributed by atoms with Crippen LogP contribution >= 0.6 is 7.75 Å². The van der Waals surface area contributed by atoms with Crippen LogP contribution in [0.3, 0.4) is 0 Å². The summed E-state index contributed by atoms with van der Waals surface area (Å²) in [5.41, 5.74) is -0.294. The average molecular weight is 430 g/mol. The summed E-state index contributed by atoms with van der Waals surface area (Å²) in [5.74, 6) is 1.17. The zero-order valence-electron chi connectivity index (χ0n) is 16.9. The third kappa shape index (κ3) is 4.68. The highest BCUT2D eigenvalue weighted by atomic mass is 31.2. The third-order valence-corrected chi connectivity index (χ3v) is 7.86. The van der Waals surface area contributed by atoms with Gasteiger partial charge in [-0.25, -0.2) is 4.57 Å². The molecule has 4 rings (SSSR count). The highest BCUT2D eigenvalue weighted by Gasteiger charge is 2.50. The topological polar surface area (TPSA) is 90.7 Å². The molecule has 2 aliphatic rings. The molecule has 160 valence electrons. The smallest absolute Gasteiger partial charge is 0.405 e. The molecule has 7 nitrogen and oxygen atoms in total. The Hall–Kier alpha value is -2.37. The minimum absolute atomic E-state index is 0.0493. The second-order valence-corrected chi connectivity index (χ2v) is 9.78. The molecular formula is C22H27N2O5P. The normalized spacial score (nSPS) is 20.5. The quantitative estimate of drug-likeness (QED) is 0.302. The van der Waals surface area contributed by atoms with Crippen molar-refractivity contribution in [2.75, 3.05) is 0 Å². The molecule has 0 amide bonds. The number of para-hydroxylation sites is 1. The van der Waals surface area contributed by atoms with Crippen LogP contribution in [0.15, 0.2) is 54.6 Å². The van der Waals surface area contributed by atoms with Crippen molar-refractivity contribution in [3.63, 3.8) is 0 Å². The lowest BCUT2D eigenvalue weighted by atomic mass is 9.64. The molecule has 2 aromatic carbocycles. The van der Waals surface area contributed by atoms with Crippen molar-refractivity contribution in [2.24, 2.45) is 5.92 Å². The van der Waals surface area contributed by atoms with Crippen LogP contribution < -0.4 is 14.1 Å². The number of hydrogen-bond acceptors (Lipinski definition) is 5. The van der Waals surface area contributed by atoms with E-state index in [1.165, 1.54) is 43.5 Å². The van der Waals surface area contributed by atoms with Gasteiger partial charge in [-0.05, 0) is 62.3 Å². The highest BCUT2D eigenvalue weighted by Crippen LogP contribution is 2.54. The number of nitro benzene ring substituents is 1. The van der Waals surface area contributed by atoms with Crippen molar-refractivity contribution in [2.45, 2.75) is 56.9 Å². The van der Waals surface area contributed by atoms with Crippen molar-refractivity contribution in [1.82, 2.24) is 5.09 Å². The molecule has 1 N–H and O–H groups in total. The number of hydrogen-bond donors (Lipinski definition) is 1. The van der Waals surface area contributed by atoms with Gasteiger partial charge in [0.25, 0.3) is 5.69 Å². The number of nitro groups is 1. The van der Waals surface area contributed by atoms with Crippen LogP contribution in [0.25, 0.3) is 0 Å². The number of rotatable bonds is 8. The lowest BCUT2D eigenvalue weighted by molar-refractivity contribution is -0.384. The Balaban J connectivity index is 1.59. The second-order valence-electron chi connectivity index (χ2n) is 8.20. The van der Waals surface area contributed by atoms with Gasteiger partial charge in [-0.15, -0.1) is 0 Å². The van der Waals surface area contributed by atoms with Crippen LogP contribution in [0.1, 0.15) is 51.4 Å². The molecule has 8 heteroatoms. The van der Waals surface area contributed by atoms with Crippen LogP contribution in [0.4, 0.5) is 5.69 Å². The fraction of sp³-hybridized carbons (Fsp3) is 0.455. The molecule has 0 bridgehead atoms. The van der Waals surface area contributed by atoms with E-state index in [1.54, 1.807) is 12.1 Å². The Morgan fingerprint density at radius 2 is 1.50 bits per heavy atom.